The first-order valence-electron chi connectivity index (χ1n) is 7.97. The van der Waals surface area contributed by atoms with Crippen LogP contribution in [-0.4, -0.2) is 44.2 Å². The molecule has 0 aliphatic carbocycles. The van der Waals surface area contributed by atoms with Crippen molar-refractivity contribution in [1.82, 2.24) is 15.3 Å². The Bertz CT molecular complexity index is 615. The van der Waals surface area contributed by atoms with E-state index in [0.29, 0.717) is 30.5 Å². The highest BCUT2D eigenvalue weighted by molar-refractivity contribution is 9.11. The molecule has 2 fully saturated rings. The fourth-order valence-electron chi connectivity index (χ4n) is 4.27. The molecule has 0 atom stereocenters. The van der Waals surface area contributed by atoms with Crippen molar-refractivity contribution < 1.29 is 14.8 Å². The number of nitrogens with zero attached hydrogens (tertiary/aromatic N) is 2. The van der Waals surface area contributed by atoms with Gasteiger partial charge in [0.25, 0.3) is 5.91 Å². The number of carbonyl (C=O) groups excluding carboxylic acids is 2. The maximum Gasteiger partial charge on any atom is 0.270 e. The van der Waals surface area contributed by atoms with Gasteiger partial charge in [0.05, 0.1) is 0 Å². The van der Waals surface area contributed by atoms with E-state index in [1.807, 2.05) is 47.6 Å². The number of carbonyl (C=O) groups is 2. The zero-order chi connectivity index (χ0) is 18.5. The number of rotatable bonds is 2. The number of nitrogens with one attached hydrogen (secondary N) is 1. The summed E-state index contributed by atoms with van der Waals surface area (Å²) >= 11 is 3.36. The lowest BCUT2D eigenvalue weighted by Crippen LogP contribution is -2.70. The van der Waals surface area contributed by atoms with Crippen LogP contribution in [0.4, 0.5) is 0 Å². The molecule has 2 aliphatic heterocycles. The van der Waals surface area contributed by atoms with Crippen molar-refractivity contribution in [2.24, 2.45) is 0 Å². The SMILES string of the molecule is CC(/C=C(\C)Br)=C1\C(=O)NC2(CC(C)(C)N(O)C(C)(C)C2)N1C=O. The van der Waals surface area contributed by atoms with Gasteiger partial charge in [-0.2, -0.15) is 5.06 Å². The topological polar surface area (TPSA) is 72.9 Å². The molecule has 0 radical (unpaired) electrons. The standard InChI is InChI=1S/C17H26BrN3O3/c1-11(7-12(2)18)13-14(23)19-17(20(13)10-22)8-15(3,4)21(24)16(5,6)9-17/h7,10,24H,8-9H2,1-6H3,(H,19,23)/b12-7+,13-11-. The highest BCUT2D eigenvalue weighted by atomic mass is 79.9. The minimum Gasteiger partial charge on any atom is -0.327 e. The average Bonchev–Trinajstić information content (AvgIpc) is 2.65. The van der Waals surface area contributed by atoms with E-state index in [0.717, 1.165) is 4.48 Å². The van der Waals surface area contributed by atoms with Crippen molar-refractivity contribution in [2.75, 3.05) is 0 Å². The summed E-state index contributed by atoms with van der Waals surface area (Å²) in [7, 11) is 0. The summed E-state index contributed by atoms with van der Waals surface area (Å²) < 4.78 is 0.873. The van der Waals surface area contributed by atoms with Crippen molar-refractivity contribution in [1.29, 1.82) is 0 Å². The summed E-state index contributed by atoms with van der Waals surface area (Å²) in [6.07, 6.45) is 3.39. The van der Waals surface area contributed by atoms with Crippen LogP contribution in [0.15, 0.2) is 21.8 Å². The predicted octanol–water partition coefficient (Wildman–Crippen LogP) is 2.89. The lowest BCUT2D eigenvalue weighted by Gasteiger charge is -2.56. The van der Waals surface area contributed by atoms with Gasteiger partial charge in [0.15, 0.2) is 0 Å². The molecule has 134 valence electrons. The normalized spacial score (nSPS) is 28.1. The van der Waals surface area contributed by atoms with Gasteiger partial charge in [0.1, 0.15) is 11.4 Å². The Morgan fingerprint density at radius 1 is 1.21 bits per heavy atom. The molecule has 7 heteroatoms. The van der Waals surface area contributed by atoms with E-state index < -0.39 is 16.7 Å². The lowest BCUT2D eigenvalue weighted by molar-refractivity contribution is -0.262. The van der Waals surface area contributed by atoms with E-state index in [1.54, 1.807) is 0 Å². The summed E-state index contributed by atoms with van der Waals surface area (Å²) in [5, 5.41) is 14.9. The van der Waals surface area contributed by atoms with Gasteiger partial charge in [-0.05, 0) is 57.7 Å². The minimum absolute atomic E-state index is 0.261. The number of hydrogen-bond donors (Lipinski definition) is 2. The third-order valence-corrected chi connectivity index (χ3v) is 4.98. The predicted molar refractivity (Wildman–Crippen MR) is 95.2 cm³/mol. The van der Waals surface area contributed by atoms with Gasteiger partial charge in [0.2, 0.25) is 6.41 Å². The Balaban J connectivity index is 2.58. The van der Waals surface area contributed by atoms with Crippen LogP contribution in [0.2, 0.25) is 0 Å². The molecule has 0 bridgehead atoms. The summed E-state index contributed by atoms with van der Waals surface area (Å²) in [6.45, 7) is 11.3. The van der Waals surface area contributed by atoms with Gasteiger partial charge in [-0.15, -0.1) is 0 Å². The molecule has 0 aromatic rings. The van der Waals surface area contributed by atoms with E-state index >= 15 is 0 Å². The Morgan fingerprint density at radius 3 is 2.12 bits per heavy atom. The first-order valence-corrected chi connectivity index (χ1v) is 8.77. The second-order valence-electron chi connectivity index (χ2n) is 8.01. The highest BCUT2D eigenvalue weighted by Gasteiger charge is 2.59. The Labute approximate surface area is 151 Å². The number of hydrogen-bond acceptors (Lipinski definition) is 4. The zero-order valence-corrected chi connectivity index (χ0v) is 16.7. The number of amides is 2. The Hall–Kier alpha value is -1.18. The molecule has 2 saturated heterocycles. The van der Waals surface area contributed by atoms with Crippen molar-refractivity contribution in [3.8, 4) is 0 Å². The Morgan fingerprint density at radius 2 is 1.71 bits per heavy atom. The maximum atomic E-state index is 12.7. The second-order valence-corrected chi connectivity index (χ2v) is 9.26. The van der Waals surface area contributed by atoms with Crippen LogP contribution >= 0.6 is 15.9 Å². The minimum atomic E-state index is -0.838. The van der Waals surface area contributed by atoms with Crippen LogP contribution in [0, 0.1) is 0 Å². The van der Waals surface area contributed by atoms with E-state index in [4.69, 9.17) is 0 Å². The van der Waals surface area contributed by atoms with Gasteiger partial charge in [-0.25, -0.2) is 0 Å². The molecular formula is C17H26BrN3O3. The molecule has 2 N–H and O–H groups in total. The van der Waals surface area contributed by atoms with Gasteiger partial charge in [0, 0.05) is 23.9 Å². The molecule has 1 spiro atoms. The van der Waals surface area contributed by atoms with Crippen LogP contribution in [0.5, 0.6) is 0 Å². The second kappa shape index (κ2) is 5.97. The summed E-state index contributed by atoms with van der Waals surface area (Å²) in [6, 6.07) is 0. The number of halogens is 1. The van der Waals surface area contributed by atoms with Crippen molar-refractivity contribution in [3.63, 3.8) is 0 Å². The van der Waals surface area contributed by atoms with Gasteiger partial charge < -0.3 is 10.5 Å². The van der Waals surface area contributed by atoms with E-state index in [1.165, 1.54) is 9.96 Å². The monoisotopic (exact) mass is 399 g/mol. The maximum absolute atomic E-state index is 12.7. The molecule has 2 heterocycles. The van der Waals surface area contributed by atoms with Crippen LogP contribution in [-0.2, 0) is 9.59 Å². The largest absolute Gasteiger partial charge is 0.327 e. The summed E-state index contributed by atoms with van der Waals surface area (Å²) in [5.74, 6) is -0.261. The molecular weight excluding hydrogens is 374 g/mol. The molecule has 6 nitrogen and oxygen atoms in total. The van der Waals surface area contributed by atoms with Crippen LogP contribution in [0.25, 0.3) is 0 Å². The van der Waals surface area contributed by atoms with Crippen molar-refractivity contribution in [3.05, 3.63) is 21.8 Å². The van der Waals surface area contributed by atoms with E-state index in [-0.39, 0.29) is 5.91 Å². The lowest BCUT2D eigenvalue weighted by atomic mass is 9.74. The molecule has 2 rings (SSSR count). The molecule has 2 amide bonds. The first-order chi connectivity index (χ1) is 10.9. The third kappa shape index (κ3) is 3.05. The highest BCUT2D eigenvalue weighted by Crippen LogP contribution is 2.47. The van der Waals surface area contributed by atoms with Crippen LogP contribution < -0.4 is 5.32 Å². The van der Waals surface area contributed by atoms with Crippen LogP contribution in [0.1, 0.15) is 54.4 Å². The first kappa shape index (κ1) is 19.1. The number of piperidine rings is 1. The fraction of sp³-hybridized carbons (Fsp3) is 0.647. The molecule has 0 aromatic carbocycles. The fourth-order valence-corrected chi connectivity index (χ4v) is 4.61. The summed E-state index contributed by atoms with van der Waals surface area (Å²) in [5.41, 5.74) is -0.952. The van der Waals surface area contributed by atoms with E-state index in [9.17, 15) is 14.8 Å². The smallest absolute Gasteiger partial charge is 0.270 e. The molecule has 2 aliphatic rings. The van der Waals surface area contributed by atoms with Crippen molar-refractivity contribution >= 4 is 28.2 Å². The summed E-state index contributed by atoms with van der Waals surface area (Å²) in [4.78, 5) is 26.1. The zero-order valence-electron chi connectivity index (χ0n) is 15.1. The molecule has 0 unspecified atom stereocenters. The van der Waals surface area contributed by atoms with E-state index in [2.05, 4.69) is 21.2 Å². The molecule has 0 saturated carbocycles. The average molecular weight is 400 g/mol. The number of hydroxylamine groups is 2. The Kier molecular flexibility index (Phi) is 4.76. The van der Waals surface area contributed by atoms with Gasteiger partial charge in [-0.3, -0.25) is 14.5 Å². The van der Waals surface area contributed by atoms with Gasteiger partial charge >= 0.3 is 0 Å². The quantitative estimate of drug-likeness (QED) is 0.552. The van der Waals surface area contributed by atoms with Gasteiger partial charge in [-0.1, -0.05) is 15.9 Å². The van der Waals surface area contributed by atoms with Crippen LogP contribution in [0.3, 0.4) is 0 Å². The molecule has 0 aromatic heterocycles. The molecule has 24 heavy (non-hydrogen) atoms. The number of allylic oxidation sites excluding steroid dienone is 3. The van der Waals surface area contributed by atoms with Crippen molar-refractivity contribution in [2.45, 2.75) is 71.1 Å². The third-order valence-electron chi connectivity index (χ3n) is 4.75.